The van der Waals surface area contributed by atoms with Gasteiger partial charge in [-0.2, -0.15) is 0 Å². The standard InChI is InChI=1S/C9H14FN3O2S/c1-16(14,15)13-5-4-12-9-3-2-7(11)6-8(9)10/h2-3,6,12-13H,4-5,11H2,1H3. The van der Waals surface area contributed by atoms with Crippen molar-refractivity contribution in [3.05, 3.63) is 24.0 Å². The highest BCUT2D eigenvalue weighted by Crippen LogP contribution is 2.16. The van der Waals surface area contributed by atoms with Gasteiger partial charge in [0.2, 0.25) is 10.0 Å². The molecular weight excluding hydrogens is 233 g/mol. The van der Waals surface area contributed by atoms with Gasteiger partial charge in [0, 0.05) is 18.8 Å². The molecule has 0 radical (unpaired) electrons. The molecule has 7 heteroatoms. The fourth-order valence-corrected chi connectivity index (χ4v) is 1.58. The molecule has 90 valence electrons. The summed E-state index contributed by atoms with van der Waals surface area (Å²) in [6, 6.07) is 4.27. The predicted octanol–water partition coefficient (Wildman–Crippen LogP) is 0.369. The van der Waals surface area contributed by atoms with Crippen LogP contribution in [0.15, 0.2) is 18.2 Å². The van der Waals surface area contributed by atoms with Crippen molar-refractivity contribution in [2.75, 3.05) is 30.4 Å². The van der Waals surface area contributed by atoms with Gasteiger partial charge in [0.25, 0.3) is 0 Å². The van der Waals surface area contributed by atoms with Crippen LogP contribution in [0.25, 0.3) is 0 Å². The molecule has 0 atom stereocenters. The Labute approximate surface area is 93.9 Å². The summed E-state index contributed by atoms with van der Waals surface area (Å²) in [7, 11) is -3.20. The van der Waals surface area contributed by atoms with Crippen LogP contribution in [0.1, 0.15) is 0 Å². The Kier molecular flexibility index (Phi) is 4.08. The number of nitrogens with two attached hydrogens (primary N) is 1. The third kappa shape index (κ3) is 4.45. The van der Waals surface area contributed by atoms with E-state index in [1.165, 1.54) is 12.1 Å². The van der Waals surface area contributed by atoms with Crippen molar-refractivity contribution < 1.29 is 12.8 Å². The zero-order valence-corrected chi connectivity index (χ0v) is 9.64. The van der Waals surface area contributed by atoms with Crippen LogP contribution in [-0.2, 0) is 10.0 Å². The summed E-state index contributed by atoms with van der Waals surface area (Å²) in [5.41, 5.74) is 6.02. The molecule has 0 saturated heterocycles. The second-order valence-electron chi connectivity index (χ2n) is 3.33. The number of benzene rings is 1. The third-order valence-corrected chi connectivity index (χ3v) is 2.53. The highest BCUT2D eigenvalue weighted by molar-refractivity contribution is 7.88. The fraction of sp³-hybridized carbons (Fsp3) is 0.333. The first kappa shape index (κ1) is 12.7. The zero-order valence-electron chi connectivity index (χ0n) is 8.83. The van der Waals surface area contributed by atoms with Crippen molar-refractivity contribution in [3.8, 4) is 0 Å². The Morgan fingerprint density at radius 1 is 1.38 bits per heavy atom. The first-order valence-electron chi connectivity index (χ1n) is 4.62. The van der Waals surface area contributed by atoms with Crippen LogP contribution in [-0.4, -0.2) is 27.8 Å². The Balaban J connectivity index is 2.43. The van der Waals surface area contributed by atoms with E-state index in [-0.39, 0.29) is 6.54 Å². The number of anilines is 2. The quantitative estimate of drug-likeness (QED) is 0.518. The normalized spacial score (nSPS) is 11.4. The SMILES string of the molecule is CS(=O)(=O)NCCNc1ccc(N)cc1F. The van der Waals surface area contributed by atoms with Crippen molar-refractivity contribution >= 4 is 21.4 Å². The van der Waals surface area contributed by atoms with E-state index in [9.17, 15) is 12.8 Å². The van der Waals surface area contributed by atoms with Gasteiger partial charge in [0.05, 0.1) is 11.9 Å². The summed E-state index contributed by atoms with van der Waals surface area (Å²) in [6.45, 7) is 0.497. The maximum Gasteiger partial charge on any atom is 0.208 e. The fourth-order valence-electron chi connectivity index (χ4n) is 1.11. The molecule has 0 aliphatic heterocycles. The number of nitrogens with one attached hydrogen (secondary N) is 2. The highest BCUT2D eigenvalue weighted by Gasteiger charge is 2.02. The largest absolute Gasteiger partial charge is 0.399 e. The third-order valence-electron chi connectivity index (χ3n) is 1.80. The molecule has 0 bridgehead atoms. The first-order valence-corrected chi connectivity index (χ1v) is 6.51. The Bertz CT molecular complexity index is 462. The van der Waals surface area contributed by atoms with E-state index >= 15 is 0 Å². The molecule has 1 aromatic rings. The molecule has 0 aromatic heterocycles. The van der Waals surface area contributed by atoms with Gasteiger partial charge in [-0.3, -0.25) is 0 Å². The minimum atomic E-state index is -3.20. The first-order chi connectivity index (χ1) is 7.38. The number of rotatable bonds is 5. The summed E-state index contributed by atoms with van der Waals surface area (Å²) in [6.07, 6.45) is 1.07. The van der Waals surface area contributed by atoms with Crippen molar-refractivity contribution in [1.82, 2.24) is 4.72 Å². The van der Waals surface area contributed by atoms with Gasteiger partial charge in [-0.1, -0.05) is 0 Å². The van der Waals surface area contributed by atoms with Crippen LogP contribution in [0.3, 0.4) is 0 Å². The van der Waals surface area contributed by atoms with Gasteiger partial charge in [0.15, 0.2) is 0 Å². The lowest BCUT2D eigenvalue weighted by Gasteiger charge is -2.08. The average molecular weight is 247 g/mol. The summed E-state index contributed by atoms with van der Waals surface area (Å²) in [4.78, 5) is 0. The maximum absolute atomic E-state index is 13.2. The van der Waals surface area contributed by atoms with Gasteiger partial charge in [-0.05, 0) is 18.2 Å². The summed E-state index contributed by atoms with van der Waals surface area (Å²) < 4.78 is 37.0. The molecule has 0 aliphatic carbocycles. The summed E-state index contributed by atoms with van der Waals surface area (Å²) in [5, 5.41) is 2.76. The molecule has 16 heavy (non-hydrogen) atoms. The Morgan fingerprint density at radius 3 is 2.62 bits per heavy atom. The molecule has 0 amide bonds. The smallest absolute Gasteiger partial charge is 0.208 e. The number of hydrogen-bond acceptors (Lipinski definition) is 4. The van der Waals surface area contributed by atoms with E-state index in [1.807, 2.05) is 0 Å². The predicted molar refractivity (Wildman–Crippen MR) is 62.1 cm³/mol. The number of sulfonamides is 1. The second kappa shape index (κ2) is 5.13. The van der Waals surface area contributed by atoms with Crippen molar-refractivity contribution in [2.24, 2.45) is 0 Å². The van der Waals surface area contributed by atoms with Crippen molar-refractivity contribution in [3.63, 3.8) is 0 Å². The number of halogens is 1. The van der Waals surface area contributed by atoms with Crippen molar-refractivity contribution in [1.29, 1.82) is 0 Å². The minimum absolute atomic E-state index is 0.197. The zero-order chi connectivity index (χ0) is 12.2. The van der Waals surface area contributed by atoms with Gasteiger partial charge >= 0.3 is 0 Å². The maximum atomic E-state index is 13.2. The summed E-state index contributed by atoms with van der Waals surface area (Å²) in [5.74, 6) is -0.459. The van der Waals surface area contributed by atoms with Crippen LogP contribution in [0.2, 0.25) is 0 Å². The van der Waals surface area contributed by atoms with Gasteiger partial charge < -0.3 is 11.1 Å². The second-order valence-corrected chi connectivity index (χ2v) is 5.17. The van der Waals surface area contributed by atoms with Crippen LogP contribution < -0.4 is 15.8 Å². The molecule has 5 nitrogen and oxygen atoms in total. The Morgan fingerprint density at radius 2 is 2.06 bits per heavy atom. The lowest BCUT2D eigenvalue weighted by molar-refractivity contribution is 0.589. The molecule has 0 unspecified atom stereocenters. The molecule has 0 aliphatic rings. The van der Waals surface area contributed by atoms with E-state index in [2.05, 4.69) is 10.0 Å². The van der Waals surface area contributed by atoms with Crippen molar-refractivity contribution in [2.45, 2.75) is 0 Å². The van der Waals surface area contributed by atoms with Crippen LogP contribution >= 0.6 is 0 Å². The van der Waals surface area contributed by atoms with Gasteiger partial charge in [-0.15, -0.1) is 0 Å². The topological polar surface area (TPSA) is 84.2 Å². The molecule has 0 saturated carbocycles. The van der Waals surface area contributed by atoms with Gasteiger partial charge in [0.1, 0.15) is 5.82 Å². The van der Waals surface area contributed by atoms with Crippen LogP contribution in [0.4, 0.5) is 15.8 Å². The average Bonchev–Trinajstić information content (AvgIpc) is 2.13. The van der Waals surface area contributed by atoms with Gasteiger partial charge in [-0.25, -0.2) is 17.5 Å². The minimum Gasteiger partial charge on any atom is -0.399 e. The van der Waals surface area contributed by atoms with E-state index < -0.39 is 15.8 Å². The molecule has 0 heterocycles. The molecule has 0 spiro atoms. The lowest BCUT2D eigenvalue weighted by atomic mass is 10.2. The molecular formula is C9H14FN3O2S. The number of hydrogen-bond donors (Lipinski definition) is 3. The molecule has 1 rings (SSSR count). The van der Waals surface area contributed by atoms with E-state index in [0.29, 0.717) is 17.9 Å². The molecule has 0 fully saturated rings. The molecule has 4 N–H and O–H groups in total. The monoisotopic (exact) mass is 247 g/mol. The Hall–Kier alpha value is -1.34. The highest BCUT2D eigenvalue weighted by atomic mass is 32.2. The molecule has 1 aromatic carbocycles. The van der Waals surface area contributed by atoms with E-state index in [4.69, 9.17) is 5.73 Å². The summed E-state index contributed by atoms with van der Waals surface area (Å²) >= 11 is 0. The van der Waals surface area contributed by atoms with E-state index in [1.54, 1.807) is 6.07 Å². The van der Waals surface area contributed by atoms with Crippen LogP contribution in [0, 0.1) is 5.82 Å². The lowest BCUT2D eigenvalue weighted by Crippen LogP contribution is -2.27. The van der Waals surface area contributed by atoms with E-state index in [0.717, 1.165) is 6.26 Å². The number of nitrogen functional groups attached to an aromatic ring is 1. The van der Waals surface area contributed by atoms with Crippen LogP contribution in [0.5, 0.6) is 0 Å².